The van der Waals surface area contributed by atoms with Crippen molar-refractivity contribution in [3.8, 4) is 0 Å². The van der Waals surface area contributed by atoms with E-state index in [4.69, 9.17) is 4.74 Å². The third-order valence-corrected chi connectivity index (χ3v) is 5.03. The van der Waals surface area contributed by atoms with Crippen LogP contribution >= 0.6 is 11.3 Å². The fourth-order valence-electron chi connectivity index (χ4n) is 3.09. The normalized spacial score (nSPS) is 34.0. The van der Waals surface area contributed by atoms with Crippen molar-refractivity contribution in [3.05, 3.63) is 21.4 Å². The zero-order valence-corrected chi connectivity index (χ0v) is 10.8. The minimum atomic E-state index is 0. The maximum atomic E-state index is 6.19. The third kappa shape index (κ3) is 1.62. The quantitative estimate of drug-likeness (QED) is 0.751. The molecular formula is C13H21NOS. The summed E-state index contributed by atoms with van der Waals surface area (Å²) < 4.78 is 6.19. The molecule has 2 nitrogen and oxygen atoms in total. The molecule has 0 radical (unpaired) electrons. The van der Waals surface area contributed by atoms with Crippen molar-refractivity contribution in [2.24, 2.45) is 0 Å². The van der Waals surface area contributed by atoms with Crippen LogP contribution in [0.15, 0.2) is 6.07 Å². The molecule has 1 fully saturated rings. The lowest BCUT2D eigenvalue weighted by molar-refractivity contribution is -0.0848. The molecule has 3 rings (SSSR count). The van der Waals surface area contributed by atoms with Crippen LogP contribution in [-0.4, -0.2) is 19.2 Å². The summed E-state index contributed by atoms with van der Waals surface area (Å²) in [4.78, 5) is 2.95. The highest BCUT2D eigenvalue weighted by molar-refractivity contribution is 7.12. The Morgan fingerprint density at radius 3 is 3.31 bits per heavy atom. The van der Waals surface area contributed by atoms with E-state index in [1.165, 1.54) is 9.75 Å². The van der Waals surface area contributed by atoms with Gasteiger partial charge in [-0.3, -0.25) is 0 Å². The lowest BCUT2D eigenvalue weighted by Crippen LogP contribution is -2.48. The van der Waals surface area contributed by atoms with Crippen LogP contribution in [0.1, 0.15) is 36.5 Å². The molecule has 0 saturated carbocycles. The van der Waals surface area contributed by atoms with Crippen molar-refractivity contribution in [3.63, 3.8) is 0 Å². The number of piperidine rings is 1. The van der Waals surface area contributed by atoms with Gasteiger partial charge in [-0.1, -0.05) is 0 Å². The van der Waals surface area contributed by atoms with E-state index in [-0.39, 0.29) is 7.03 Å². The first-order valence-electron chi connectivity index (χ1n) is 6.17. The standard InChI is InChI=1S/C13H19NOS.H2/c1-9-8-13(4-5-14-9)12-11(3-6-15-13)7-10(2)16-12;/h7,9,14H,3-6,8H2,1-2H3;1H/t9-,13+;/m1./s1. The predicted molar refractivity (Wildman–Crippen MR) is 69.2 cm³/mol. The van der Waals surface area contributed by atoms with Crippen molar-refractivity contribution in [1.82, 2.24) is 5.32 Å². The number of hydrogen-bond donors (Lipinski definition) is 1. The van der Waals surface area contributed by atoms with Gasteiger partial charge >= 0.3 is 0 Å². The lowest BCUT2D eigenvalue weighted by atomic mass is 9.83. The Kier molecular flexibility index (Phi) is 2.57. The summed E-state index contributed by atoms with van der Waals surface area (Å²) >= 11 is 1.94. The molecule has 1 aromatic heterocycles. The van der Waals surface area contributed by atoms with E-state index in [0.29, 0.717) is 6.04 Å². The van der Waals surface area contributed by atoms with Crippen molar-refractivity contribution in [2.75, 3.05) is 13.2 Å². The van der Waals surface area contributed by atoms with Gasteiger partial charge in [0, 0.05) is 17.2 Å². The summed E-state index contributed by atoms with van der Waals surface area (Å²) in [6.45, 7) is 6.45. The number of ether oxygens (including phenoxy) is 1. The summed E-state index contributed by atoms with van der Waals surface area (Å²) in [7, 11) is 0. The zero-order valence-electron chi connectivity index (χ0n) is 10.0. The van der Waals surface area contributed by atoms with Gasteiger partial charge in [0.15, 0.2) is 0 Å². The molecule has 3 heteroatoms. The lowest BCUT2D eigenvalue weighted by Gasteiger charge is -2.42. The molecular weight excluding hydrogens is 218 g/mol. The van der Waals surface area contributed by atoms with Crippen LogP contribution in [0.4, 0.5) is 0 Å². The van der Waals surface area contributed by atoms with Gasteiger partial charge in [-0.05, 0) is 51.3 Å². The Balaban J connectivity index is 0.00000108. The SMILES string of the molecule is Cc1cc2c(s1)[C@@]1(CCN[C@H](C)C1)OCC2.[HH]. The molecule has 1 saturated heterocycles. The first kappa shape index (κ1) is 10.8. The Hall–Kier alpha value is -0.380. The smallest absolute Gasteiger partial charge is 0.105 e. The first-order chi connectivity index (χ1) is 7.70. The highest BCUT2D eigenvalue weighted by Crippen LogP contribution is 2.45. The molecule has 0 bridgehead atoms. The van der Waals surface area contributed by atoms with Gasteiger partial charge in [0.1, 0.15) is 5.60 Å². The van der Waals surface area contributed by atoms with Crippen LogP contribution in [0.25, 0.3) is 0 Å². The van der Waals surface area contributed by atoms with Gasteiger partial charge in [-0.2, -0.15) is 0 Å². The average molecular weight is 239 g/mol. The molecule has 0 aliphatic carbocycles. The number of fused-ring (bicyclic) bond motifs is 2. The largest absolute Gasteiger partial charge is 0.369 e. The van der Waals surface area contributed by atoms with Crippen LogP contribution in [0.2, 0.25) is 0 Å². The second-order valence-electron chi connectivity index (χ2n) is 5.11. The number of aryl methyl sites for hydroxylation is 1. The van der Waals surface area contributed by atoms with E-state index in [1.54, 1.807) is 5.56 Å². The number of nitrogens with one attached hydrogen (secondary N) is 1. The topological polar surface area (TPSA) is 21.3 Å². The average Bonchev–Trinajstić information content (AvgIpc) is 2.60. The Morgan fingerprint density at radius 1 is 1.62 bits per heavy atom. The molecule has 2 atom stereocenters. The summed E-state index contributed by atoms with van der Waals surface area (Å²) in [5, 5.41) is 3.52. The number of rotatable bonds is 0. The van der Waals surface area contributed by atoms with E-state index >= 15 is 0 Å². The Morgan fingerprint density at radius 2 is 2.50 bits per heavy atom. The molecule has 0 aromatic carbocycles. The second-order valence-corrected chi connectivity index (χ2v) is 6.37. The van der Waals surface area contributed by atoms with Crippen LogP contribution in [0, 0.1) is 6.92 Å². The van der Waals surface area contributed by atoms with Crippen molar-refractivity contribution in [2.45, 2.75) is 44.8 Å². The maximum Gasteiger partial charge on any atom is 0.105 e. The predicted octanol–water partition coefficient (Wildman–Crippen LogP) is 2.84. The molecule has 1 aromatic rings. The minimum absolute atomic E-state index is 0. The Labute approximate surface area is 102 Å². The van der Waals surface area contributed by atoms with Crippen LogP contribution in [-0.2, 0) is 16.8 Å². The minimum Gasteiger partial charge on any atom is -0.369 e. The number of hydrogen-bond acceptors (Lipinski definition) is 3. The molecule has 16 heavy (non-hydrogen) atoms. The van der Waals surface area contributed by atoms with E-state index in [1.807, 2.05) is 11.3 Å². The van der Waals surface area contributed by atoms with Crippen molar-refractivity contribution < 1.29 is 6.16 Å². The fraction of sp³-hybridized carbons (Fsp3) is 0.692. The fourth-order valence-corrected chi connectivity index (χ4v) is 4.33. The van der Waals surface area contributed by atoms with Crippen molar-refractivity contribution >= 4 is 11.3 Å². The molecule has 1 N–H and O–H groups in total. The molecule has 2 aliphatic heterocycles. The van der Waals surface area contributed by atoms with Gasteiger partial charge in [0.25, 0.3) is 0 Å². The van der Waals surface area contributed by atoms with Crippen molar-refractivity contribution in [1.29, 1.82) is 0 Å². The van der Waals surface area contributed by atoms with E-state index in [9.17, 15) is 0 Å². The van der Waals surface area contributed by atoms with Crippen LogP contribution < -0.4 is 5.32 Å². The third-order valence-electron chi connectivity index (χ3n) is 3.75. The molecule has 2 aliphatic rings. The van der Waals surface area contributed by atoms with Gasteiger partial charge in [0.2, 0.25) is 0 Å². The van der Waals surface area contributed by atoms with Crippen LogP contribution in [0.5, 0.6) is 0 Å². The van der Waals surface area contributed by atoms with Gasteiger partial charge in [-0.15, -0.1) is 11.3 Å². The van der Waals surface area contributed by atoms with E-state index < -0.39 is 0 Å². The monoisotopic (exact) mass is 239 g/mol. The highest BCUT2D eigenvalue weighted by atomic mass is 32.1. The van der Waals surface area contributed by atoms with E-state index in [0.717, 1.165) is 32.4 Å². The summed E-state index contributed by atoms with van der Waals surface area (Å²) in [6.07, 6.45) is 3.35. The van der Waals surface area contributed by atoms with Gasteiger partial charge in [0.05, 0.1) is 6.61 Å². The molecule has 0 amide bonds. The second kappa shape index (κ2) is 3.83. The molecule has 1 spiro atoms. The molecule has 3 heterocycles. The summed E-state index contributed by atoms with van der Waals surface area (Å²) in [6, 6.07) is 2.93. The van der Waals surface area contributed by atoms with Gasteiger partial charge in [-0.25, -0.2) is 0 Å². The van der Waals surface area contributed by atoms with Gasteiger partial charge < -0.3 is 10.1 Å². The zero-order chi connectivity index (χ0) is 11.2. The number of thiophene rings is 1. The molecule has 0 unspecified atom stereocenters. The van der Waals surface area contributed by atoms with Crippen LogP contribution in [0.3, 0.4) is 0 Å². The maximum absolute atomic E-state index is 6.19. The highest BCUT2D eigenvalue weighted by Gasteiger charge is 2.42. The summed E-state index contributed by atoms with van der Waals surface area (Å²) in [5.74, 6) is 0. The van der Waals surface area contributed by atoms with E-state index in [2.05, 4.69) is 25.2 Å². The Bertz CT molecular complexity index is 406. The first-order valence-corrected chi connectivity index (χ1v) is 6.98. The molecule has 90 valence electrons. The summed E-state index contributed by atoms with van der Waals surface area (Å²) in [5.41, 5.74) is 1.58.